The number of aliphatic hydroxyl groups is 2. The Hall–Kier alpha value is -1.99. The molecular weight excluding hydrogens is 388 g/mol. The first-order valence-electron chi connectivity index (χ1n) is 10.7. The topological polar surface area (TPSA) is 110 Å². The molecule has 7 heteroatoms. The van der Waals surface area contributed by atoms with Gasteiger partial charge >= 0.3 is 6.16 Å². The monoisotopic (exact) mass is 418 g/mol. The van der Waals surface area contributed by atoms with Crippen molar-refractivity contribution in [3.05, 3.63) is 23.8 Å². The van der Waals surface area contributed by atoms with Crippen LogP contribution in [0.5, 0.6) is 0 Å². The zero-order valence-electron chi connectivity index (χ0n) is 17.7. The van der Waals surface area contributed by atoms with E-state index in [0.717, 1.165) is 18.4 Å². The van der Waals surface area contributed by atoms with Crippen molar-refractivity contribution in [1.29, 1.82) is 0 Å². The number of carbonyl (C=O) groups excluding carboxylic acids is 3. The van der Waals surface area contributed by atoms with E-state index in [1.54, 1.807) is 12.2 Å². The maximum absolute atomic E-state index is 12.9. The van der Waals surface area contributed by atoms with E-state index in [-0.39, 0.29) is 30.0 Å². The van der Waals surface area contributed by atoms with E-state index >= 15 is 0 Å². The standard InChI is InChI=1S/C23H30O7/c1-21-8-6-14(25)10-13(21)4-5-15-16-7-9-23(18(27)12-24,30-20(28)29-3)22(16,2)11-17(26)19(15)21/h6,8,10,15-17,19,24,26H,4-5,7,9,11-12H2,1-3H3/t15-,16-,17?,19+,21-,22-,23-/m0/s1. The summed E-state index contributed by atoms with van der Waals surface area (Å²) in [6.45, 7) is 3.24. The summed E-state index contributed by atoms with van der Waals surface area (Å²) < 4.78 is 10.3. The van der Waals surface area contributed by atoms with Crippen LogP contribution >= 0.6 is 0 Å². The first-order chi connectivity index (χ1) is 14.1. The Bertz CT molecular complexity index is 844. The number of ether oxygens (including phenoxy) is 2. The van der Waals surface area contributed by atoms with Crippen LogP contribution in [0.4, 0.5) is 4.79 Å². The van der Waals surface area contributed by atoms with Crippen LogP contribution in [0.3, 0.4) is 0 Å². The molecule has 164 valence electrons. The molecular formula is C23H30O7. The van der Waals surface area contributed by atoms with E-state index in [1.807, 2.05) is 13.0 Å². The van der Waals surface area contributed by atoms with Crippen molar-refractivity contribution >= 4 is 17.7 Å². The van der Waals surface area contributed by atoms with E-state index in [2.05, 4.69) is 11.7 Å². The fourth-order valence-corrected chi connectivity index (χ4v) is 7.31. The van der Waals surface area contributed by atoms with Gasteiger partial charge in [-0.05, 0) is 56.1 Å². The molecule has 0 radical (unpaired) electrons. The highest BCUT2D eigenvalue weighted by molar-refractivity contribution is 6.01. The molecule has 3 fully saturated rings. The van der Waals surface area contributed by atoms with E-state index in [0.29, 0.717) is 12.8 Å². The van der Waals surface area contributed by atoms with Crippen LogP contribution in [0.1, 0.15) is 46.0 Å². The van der Waals surface area contributed by atoms with Gasteiger partial charge in [-0.1, -0.05) is 25.5 Å². The number of hydrogen-bond acceptors (Lipinski definition) is 7. The van der Waals surface area contributed by atoms with Gasteiger partial charge in [0.25, 0.3) is 0 Å². The molecule has 4 aliphatic carbocycles. The molecule has 1 unspecified atom stereocenters. The normalized spacial score (nSPS) is 44.4. The van der Waals surface area contributed by atoms with Crippen LogP contribution in [0, 0.1) is 28.6 Å². The third-order valence-electron chi connectivity index (χ3n) is 8.63. The van der Waals surface area contributed by atoms with Crippen LogP contribution in [0.25, 0.3) is 0 Å². The number of rotatable bonds is 3. The molecule has 0 spiro atoms. The number of hydrogen-bond donors (Lipinski definition) is 2. The van der Waals surface area contributed by atoms with Gasteiger partial charge < -0.3 is 19.7 Å². The van der Waals surface area contributed by atoms with Gasteiger partial charge in [-0.25, -0.2) is 4.79 Å². The Kier molecular flexibility index (Phi) is 4.97. The number of carbonyl (C=O) groups is 3. The molecule has 0 aromatic carbocycles. The highest BCUT2D eigenvalue weighted by atomic mass is 16.7. The fourth-order valence-electron chi connectivity index (χ4n) is 7.31. The molecule has 7 nitrogen and oxygen atoms in total. The Morgan fingerprint density at radius 2 is 2.00 bits per heavy atom. The first-order valence-corrected chi connectivity index (χ1v) is 10.7. The lowest BCUT2D eigenvalue weighted by atomic mass is 9.46. The average molecular weight is 418 g/mol. The summed E-state index contributed by atoms with van der Waals surface area (Å²) in [7, 11) is 1.19. The minimum absolute atomic E-state index is 0.0176. The Morgan fingerprint density at radius 3 is 2.67 bits per heavy atom. The minimum atomic E-state index is -1.51. The number of Topliss-reactive ketones (excluding diaryl/α,β-unsaturated/α-hetero) is 1. The summed E-state index contributed by atoms with van der Waals surface area (Å²) in [6, 6.07) is 0. The molecule has 3 saturated carbocycles. The summed E-state index contributed by atoms with van der Waals surface area (Å²) >= 11 is 0. The zero-order chi connectivity index (χ0) is 21.9. The van der Waals surface area contributed by atoms with Gasteiger partial charge in [0.1, 0.15) is 6.61 Å². The number of aliphatic hydroxyl groups excluding tert-OH is 2. The second-order valence-corrected chi connectivity index (χ2v) is 9.71. The van der Waals surface area contributed by atoms with Gasteiger partial charge in [-0.15, -0.1) is 0 Å². The summed E-state index contributed by atoms with van der Waals surface area (Å²) in [5, 5.41) is 21.0. The van der Waals surface area contributed by atoms with Crippen LogP contribution in [0.2, 0.25) is 0 Å². The van der Waals surface area contributed by atoms with Gasteiger partial charge in [-0.2, -0.15) is 0 Å². The van der Waals surface area contributed by atoms with Crippen molar-refractivity contribution in [2.24, 2.45) is 28.6 Å². The van der Waals surface area contributed by atoms with E-state index in [1.165, 1.54) is 7.11 Å². The highest BCUT2D eigenvalue weighted by Gasteiger charge is 2.70. The summed E-state index contributed by atoms with van der Waals surface area (Å²) in [4.78, 5) is 36.9. The summed E-state index contributed by atoms with van der Waals surface area (Å²) in [6.07, 6.45) is 6.30. The predicted octanol–water partition coefficient (Wildman–Crippen LogP) is 2.35. The van der Waals surface area contributed by atoms with Crippen molar-refractivity contribution in [3.8, 4) is 0 Å². The molecule has 0 saturated heterocycles. The lowest BCUT2D eigenvalue weighted by molar-refractivity contribution is -0.183. The number of fused-ring (bicyclic) bond motifs is 5. The van der Waals surface area contributed by atoms with E-state index < -0.39 is 41.1 Å². The first kappa shape index (κ1) is 21.2. The molecule has 30 heavy (non-hydrogen) atoms. The van der Waals surface area contributed by atoms with Gasteiger partial charge in [0.2, 0.25) is 5.78 Å². The Balaban J connectivity index is 1.76. The lowest BCUT2D eigenvalue weighted by Gasteiger charge is -2.59. The molecule has 0 heterocycles. The van der Waals surface area contributed by atoms with Gasteiger partial charge in [0.15, 0.2) is 11.4 Å². The van der Waals surface area contributed by atoms with Gasteiger partial charge in [-0.3, -0.25) is 9.59 Å². The Labute approximate surface area is 176 Å². The van der Waals surface area contributed by atoms with Gasteiger partial charge in [0, 0.05) is 16.7 Å². The highest BCUT2D eigenvalue weighted by Crippen LogP contribution is 2.67. The van der Waals surface area contributed by atoms with E-state index in [9.17, 15) is 24.6 Å². The van der Waals surface area contributed by atoms with Crippen molar-refractivity contribution < 1.29 is 34.1 Å². The van der Waals surface area contributed by atoms with Crippen LogP contribution < -0.4 is 0 Å². The molecule has 0 aromatic heterocycles. The molecule has 0 aliphatic heterocycles. The van der Waals surface area contributed by atoms with Crippen LogP contribution in [-0.2, 0) is 19.1 Å². The second kappa shape index (κ2) is 7.02. The van der Waals surface area contributed by atoms with E-state index in [4.69, 9.17) is 4.74 Å². The van der Waals surface area contributed by atoms with Gasteiger partial charge in [0.05, 0.1) is 13.2 Å². The molecule has 0 aromatic rings. The zero-order valence-corrected chi connectivity index (χ0v) is 17.7. The molecule has 4 rings (SSSR count). The third-order valence-corrected chi connectivity index (χ3v) is 8.63. The third kappa shape index (κ3) is 2.67. The van der Waals surface area contributed by atoms with Crippen molar-refractivity contribution in [3.63, 3.8) is 0 Å². The largest absolute Gasteiger partial charge is 0.509 e. The quantitative estimate of drug-likeness (QED) is 0.677. The van der Waals surface area contributed by atoms with Crippen molar-refractivity contribution in [2.45, 2.75) is 57.7 Å². The minimum Gasteiger partial charge on any atom is -0.438 e. The van der Waals surface area contributed by atoms with Crippen molar-refractivity contribution in [1.82, 2.24) is 0 Å². The molecule has 7 atom stereocenters. The molecule has 0 amide bonds. The second-order valence-electron chi connectivity index (χ2n) is 9.71. The Morgan fingerprint density at radius 1 is 1.27 bits per heavy atom. The fraction of sp³-hybridized carbons (Fsp3) is 0.696. The average Bonchev–Trinajstić information content (AvgIpc) is 3.00. The lowest BCUT2D eigenvalue weighted by Crippen LogP contribution is -2.63. The summed E-state index contributed by atoms with van der Waals surface area (Å²) in [5.74, 6) is -0.507. The number of methoxy groups -OCH3 is 1. The van der Waals surface area contributed by atoms with Crippen LogP contribution in [0.15, 0.2) is 23.8 Å². The number of ketones is 2. The maximum Gasteiger partial charge on any atom is 0.509 e. The summed E-state index contributed by atoms with van der Waals surface area (Å²) in [5.41, 5.74) is -1.68. The van der Waals surface area contributed by atoms with Crippen LogP contribution in [-0.4, -0.2) is 53.4 Å². The number of allylic oxidation sites excluding steroid dienone is 4. The molecule has 2 N–H and O–H groups in total. The predicted molar refractivity (Wildman–Crippen MR) is 106 cm³/mol. The smallest absolute Gasteiger partial charge is 0.438 e. The molecule has 0 bridgehead atoms. The van der Waals surface area contributed by atoms with Crippen molar-refractivity contribution in [2.75, 3.05) is 13.7 Å². The SMILES string of the molecule is COC(=O)O[C@]1(C(=O)CO)CC[C@H]2[C@@H]3CCC4=CC(=O)C=C[C@]4(C)[C@H]3C(O)C[C@@]21C. The maximum atomic E-state index is 12.9. The molecule has 4 aliphatic rings.